The van der Waals surface area contributed by atoms with Crippen LogP contribution >= 0.6 is 0 Å². The zero-order valence-corrected chi connectivity index (χ0v) is 14.1. The second kappa shape index (κ2) is 6.74. The number of benzene rings is 1. The van der Waals surface area contributed by atoms with Crippen LogP contribution in [0.15, 0.2) is 41.3 Å². The van der Waals surface area contributed by atoms with Gasteiger partial charge in [-0.3, -0.25) is 4.79 Å². The average molecular weight is 323 g/mol. The monoisotopic (exact) mass is 323 g/mol. The zero-order valence-electron chi connectivity index (χ0n) is 14.1. The SMILES string of the molecule is CCOc1ccc(NCc2cc3cc(C)c(C)cc3[nH]c2=O)cn1. The molecule has 0 saturated carbocycles. The van der Waals surface area contributed by atoms with Crippen LogP contribution in [0.3, 0.4) is 0 Å². The van der Waals surface area contributed by atoms with Gasteiger partial charge in [0.1, 0.15) is 0 Å². The molecule has 1 aromatic carbocycles. The van der Waals surface area contributed by atoms with Crippen molar-refractivity contribution >= 4 is 16.6 Å². The van der Waals surface area contributed by atoms with Gasteiger partial charge in [-0.25, -0.2) is 4.98 Å². The largest absolute Gasteiger partial charge is 0.478 e. The van der Waals surface area contributed by atoms with Crippen LogP contribution in [-0.4, -0.2) is 16.6 Å². The maximum Gasteiger partial charge on any atom is 0.253 e. The van der Waals surface area contributed by atoms with Crippen LogP contribution < -0.4 is 15.6 Å². The summed E-state index contributed by atoms with van der Waals surface area (Å²) < 4.78 is 5.32. The van der Waals surface area contributed by atoms with E-state index < -0.39 is 0 Å². The lowest BCUT2D eigenvalue weighted by Gasteiger charge is -2.09. The molecule has 5 heteroatoms. The fourth-order valence-electron chi connectivity index (χ4n) is 2.57. The summed E-state index contributed by atoms with van der Waals surface area (Å²) in [5.74, 6) is 0.595. The summed E-state index contributed by atoms with van der Waals surface area (Å²) in [6, 6.07) is 9.75. The van der Waals surface area contributed by atoms with Crippen LogP contribution in [-0.2, 0) is 6.54 Å². The number of anilines is 1. The quantitative estimate of drug-likeness (QED) is 0.753. The summed E-state index contributed by atoms with van der Waals surface area (Å²) in [6.45, 7) is 7.06. The molecule has 0 aliphatic carbocycles. The van der Waals surface area contributed by atoms with Crippen molar-refractivity contribution in [3.05, 3.63) is 63.6 Å². The number of pyridine rings is 2. The van der Waals surface area contributed by atoms with Gasteiger partial charge in [-0.05, 0) is 61.5 Å². The van der Waals surface area contributed by atoms with E-state index in [1.165, 1.54) is 11.1 Å². The first-order chi connectivity index (χ1) is 11.6. The molecular formula is C19H21N3O2. The Morgan fingerprint density at radius 2 is 1.96 bits per heavy atom. The molecule has 0 amide bonds. The van der Waals surface area contributed by atoms with Gasteiger partial charge >= 0.3 is 0 Å². The fourth-order valence-corrected chi connectivity index (χ4v) is 2.57. The van der Waals surface area contributed by atoms with Crippen molar-refractivity contribution in [1.82, 2.24) is 9.97 Å². The average Bonchev–Trinajstić information content (AvgIpc) is 2.56. The molecule has 2 heterocycles. The number of ether oxygens (including phenoxy) is 1. The van der Waals surface area contributed by atoms with Gasteiger partial charge in [0.05, 0.1) is 18.5 Å². The maximum absolute atomic E-state index is 12.3. The van der Waals surface area contributed by atoms with Gasteiger partial charge < -0.3 is 15.0 Å². The van der Waals surface area contributed by atoms with E-state index in [0.717, 1.165) is 16.6 Å². The van der Waals surface area contributed by atoms with Crippen molar-refractivity contribution in [3.8, 4) is 5.88 Å². The Hall–Kier alpha value is -2.82. The van der Waals surface area contributed by atoms with E-state index in [9.17, 15) is 4.79 Å². The normalized spacial score (nSPS) is 10.8. The van der Waals surface area contributed by atoms with Gasteiger partial charge in [0.25, 0.3) is 5.56 Å². The van der Waals surface area contributed by atoms with Crippen molar-refractivity contribution in [1.29, 1.82) is 0 Å². The highest BCUT2D eigenvalue weighted by Gasteiger charge is 2.05. The predicted octanol–water partition coefficient (Wildman–Crippen LogP) is 3.55. The molecule has 2 aromatic heterocycles. The second-order valence-corrected chi connectivity index (χ2v) is 5.82. The highest BCUT2D eigenvalue weighted by atomic mass is 16.5. The van der Waals surface area contributed by atoms with Crippen molar-refractivity contribution in [3.63, 3.8) is 0 Å². The molecule has 0 unspecified atom stereocenters. The third-order valence-corrected chi connectivity index (χ3v) is 4.05. The molecular weight excluding hydrogens is 302 g/mol. The topological polar surface area (TPSA) is 67.0 Å². The fraction of sp³-hybridized carbons (Fsp3) is 0.263. The molecule has 2 N–H and O–H groups in total. The molecule has 0 spiro atoms. The van der Waals surface area contributed by atoms with Crippen molar-refractivity contribution in [2.75, 3.05) is 11.9 Å². The number of H-pyrrole nitrogens is 1. The lowest BCUT2D eigenvalue weighted by Crippen LogP contribution is -2.15. The zero-order chi connectivity index (χ0) is 17.1. The highest BCUT2D eigenvalue weighted by Crippen LogP contribution is 2.18. The number of rotatable bonds is 5. The highest BCUT2D eigenvalue weighted by molar-refractivity contribution is 5.80. The molecule has 0 saturated heterocycles. The Morgan fingerprint density at radius 3 is 2.67 bits per heavy atom. The van der Waals surface area contributed by atoms with Gasteiger partial charge in [-0.1, -0.05) is 0 Å². The first-order valence-corrected chi connectivity index (χ1v) is 8.02. The summed E-state index contributed by atoms with van der Waals surface area (Å²) >= 11 is 0. The minimum atomic E-state index is -0.0721. The molecule has 5 nitrogen and oxygen atoms in total. The van der Waals surface area contributed by atoms with Gasteiger partial charge in [0, 0.05) is 23.7 Å². The summed E-state index contributed by atoms with van der Waals surface area (Å²) in [6.07, 6.45) is 1.70. The number of hydrogen-bond acceptors (Lipinski definition) is 4. The molecule has 124 valence electrons. The van der Waals surface area contributed by atoms with Gasteiger partial charge in [-0.2, -0.15) is 0 Å². The van der Waals surface area contributed by atoms with Crippen LogP contribution in [0, 0.1) is 13.8 Å². The first-order valence-electron chi connectivity index (χ1n) is 8.02. The molecule has 0 atom stereocenters. The molecule has 3 aromatic rings. The third kappa shape index (κ3) is 3.40. The molecule has 3 rings (SSSR count). The third-order valence-electron chi connectivity index (χ3n) is 4.05. The maximum atomic E-state index is 12.3. The molecule has 24 heavy (non-hydrogen) atoms. The van der Waals surface area contributed by atoms with Gasteiger partial charge in [0.2, 0.25) is 5.88 Å². The number of aromatic amines is 1. The van der Waals surface area contributed by atoms with Crippen LogP contribution in [0.2, 0.25) is 0 Å². The van der Waals surface area contributed by atoms with Crippen molar-refractivity contribution < 1.29 is 4.74 Å². The summed E-state index contributed by atoms with van der Waals surface area (Å²) in [7, 11) is 0. The summed E-state index contributed by atoms with van der Waals surface area (Å²) in [5, 5.41) is 4.26. The van der Waals surface area contributed by atoms with Crippen LogP contribution in [0.1, 0.15) is 23.6 Å². The number of nitrogens with zero attached hydrogens (tertiary/aromatic N) is 1. The molecule has 0 fully saturated rings. The minimum Gasteiger partial charge on any atom is -0.478 e. The Labute approximate surface area is 140 Å². The van der Waals surface area contributed by atoms with E-state index >= 15 is 0 Å². The number of nitrogens with one attached hydrogen (secondary N) is 2. The van der Waals surface area contributed by atoms with E-state index in [4.69, 9.17) is 4.74 Å². The van der Waals surface area contributed by atoms with Gasteiger partial charge in [-0.15, -0.1) is 0 Å². The smallest absolute Gasteiger partial charge is 0.253 e. The molecule has 0 aliphatic heterocycles. The Kier molecular flexibility index (Phi) is 4.51. The van der Waals surface area contributed by atoms with E-state index in [1.807, 2.05) is 38.1 Å². The van der Waals surface area contributed by atoms with Crippen molar-refractivity contribution in [2.24, 2.45) is 0 Å². The summed E-state index contributed by atoms with van der Waals surface area (Å²) in [5.41, 5.74) is 4.72. The minimum absolute atomic E-state index is 0.0721. The van der Waals surface area contributed by atoms with Crippen LogP contribution in [0.25, 0.3) is 10.9 Å². The molecule has 0 radical (unpaired) electrons. The first kappa shape index (κ1) is 16.1. The number of aryl methyl sites for hydroxylation is 2. The molecule has 0 aliphatic rings. The van der Waals surface area contributed by atoms with E-state index in [1.54, 1.807) is 6.20 Å². The van der Waals surface area contributed by atoms with Crippen LogP contribution in [0.5, 0.6) is 5.88 Å². The van der Waals surface area contributed by atoms with Crippen molar-refractivity contribution in [2.45, 2.75) is 27.3 Å². The lowest BCUT2D eigenvalue weighted by atomic mass is 10.0. The van der Waals surface area contributed by atoms with Gasteiger partial charge in [0.15, 0.2) is 0 Å². The van der Waals surface area contributed by atoms with E-state index in [0.29, 0.717) is 24.6 Å². The summed E-state index contributed by atoms with van der Waals surface area (Å²) in [4.78, 5) is 19.4. The standard InChI is InChI=1S/C19H21N3O2/c1-4-24-18-6-5-16(11-21-18)20-10-15-9-14-7-12(2)13(3)8-17(14)22-19(15)23/h5-9,11,20H,4,10H2,1-3H3,(H,22,23). The molecule has 0 bridgehead atoms. The van der Waals surface area contributed by atoms with E-state index in [-0.39, 0.29) is 5.56 Å². The van der Waals surface area contributed by atoms with Crippen LogP contribution in [0.4, 0.5) is 5.69 Å². The Balaban J connectivity index is 1.80. The lowest BCUT2D eigenvalue weighted by molar-refractivity contribution is 0.327. The number of fused-ring (bicyclic) bond motifs is 1. The number of aromatic nitrogens is 2. The number of hydrogen-bond donors (Lipinski definition) is 2. The Bertz CT molecular complexity index is 914. The Morgan fingerprint density at radius 1 is 1.17 bits per heavy atom. The predicted molar refractivity (Wildman–Crippen MR) is 96.8 cm³/mol. The van der Waals surface area contributed by atoms with E-state index in [2.05, 4.69) is 28.3 Å². The second-order valence-electron chi connectivity index (χ2n) is 5.82.